The van der Waals surface area contributed by atoms with Gasteiger partial charge in [-0.05, 0) is 49.1 Å². The summed E-state index contributed by atoms with van der Waals surface area (Å²) < 4.78 is 16.9. The van der Waals surface area contributed by atoms with Gasteiger partial charge in [0.2, 0.25) is 5.91 Å². The summed E-state index contributed by atoms with van der Waals surface area (Å²) in [5.74, 6) is 1.32. The molecule has 0 saturated carbocycles. The zero-order valence-corrected chi connectivity index (χ0v) is 18.6. The highest BCUT2D eigenvalue weighted by Gasteiger charge is 2.33. The van der Waals surface area contributed by atoms with Crippen molar-refractivity contribution in [2.75, 3.05) is 25.1 Å². The number of carbonyl (C=O) groups excluding carboxylic acids is 2. The van der Waals surface area contributed by atoms with Crippen molar-refractivity contribution in [2.45, 2.75) is 32.3 Å². The van der Waals surface area contributed by atoms with Gasteiger partial charge in [0.05, 0.1) is 20.2 Å². The Hall–Kier alpha value is -3.81. The van der Waals surface area contributed by atoms with Crippen LogP contribution in [-0.4, -0.2) is 43.5 Å². The number of rotatable bonds is 5. The Labute approximate surface area is 191 Å². The minimum Gasteiger partial charge on any atom is -0.496 e. The van der Waals surface area contributed by atoms with Crippen molar-refractivity contribution in [3.63, 3.8) is 0 Å². The van der Waals surface area contributed by atoms with Gasteiger partial charge in [-0.1, -0.05) is 23.4 Å². The molecule has 0 radical (unpaired) electrons. The average molecular weight is 447 g/mol. The Morgan fingerprint density at radius 2 is 2.06 bits per heavy atom. The van der Waals surface area contributed by atoms with Gasteiger partial charge in [0, 0.05) is 29.3 Å². The Bertz CT molecular complexity index is 1220. The van der Waals surface area contributed by atoms with Crippen molar-refractivity contribution in [3.8, 4) is 28.3 Å². The van der Waals surface area contributed by atoms with Crippen molar-refractivity contribution < 1.29 is 23.6 Å². The maximum absolute atomic E-state index is 12.5. The predicted octanol–water partition coefficient (Wildman–Crippen LogP) is 3.97. The molecule has 0 bridgehead atoms. The number of nitrogens with one attached hydrogen (secondary N) is 1. The van der Waals surface area contributed by atoms with Gasteiger partial charge < -0.3 is 19.3 Å². The van der Waals surface area contributed by atoms with Gasteiger partial charge in [-0.25, -0.2) is 4.79 Å². The van der Waals surface area contributed by atoms with Gasteiger partial charge in [-0.15, -0.1) is 0 Å². The number of aromatic nitrogens is 1. The van der Waals surface area contributed by atoms with E-state index in [0.29, 0.717) is 6.54 Å². The number of hydrogen-bond acceptors (Lipinski definition) is 6. The van der Waals surface area contributed by atoms with Crippen molar-refractivity contribution in [1.82, 2.24) is 10.5 Å². The molecule has 1 aliphatic carbocycles. The van der Waals surface area contributed by atoms with E-state index in [9.17, 15) is 9.59 Å². The largest absolute Gasteiger partial charge is 0.496 e. The Morgan fingerprint density at radius 1 is 1.21 bits per heavy atom. The van der Waals surface area contributed by atoms with Gasteiger partial charge in [0.15, 0.2) is 5.76 Å². The molecule has 2 aromatic carbocycles. The van der Waals surface area contributed by atoms with Crippen LogP contribution in [0.5, 0.6) is 5.75 Å². The third kappa shape index (κ3) is 3.92. The standard InChI is InChI=1S/C25H25N3O5/c1-15(29)26-13-18-14-28(25(30)32-18)17-11-10-16-6-5-8-20-23(27-33-24(20)21(16)12-17)19-7-3-4-9-22(19)31-2/h3-4,7,9-12,18H,5-6,8,13-14H2,1-2H3,(H,26,29). The van der Waals surface area contributed by atoms with Crippen LogP contribution in [0.1, 0.15) is 24.5 Å². The van der Waals surface area contributed by atoms with Crippen molar-refractivity contribution in [1.29, 1.82) is 0 Å². The second-order valence-corrected chi connectivity index (χ2v) is 8.29. The molecule has 2 heterocycles. The highest BCUT2D eigenvalue weighted by Crippen LogP contribution is 2.41. The summed E-state index contributed by atoms with van der Waals surface area (Å²) in [6.45, 7) is 2.10. The van der Waals surface area contributed by atoms with Crippen LogP contribution in [0.3, 0.4) is 0 Å². The number of nitrogens with zero attached hydrogens (tertiary/aromatic N) is 2. The van der Waals surface area contributed by atoms with Gasteiger partial charge in [-0.3, -0.25) is 9.69 Å². The zero-order valence-electron chi connectivity index (χ0n) is 18.6. The minimum absolute atomic E-state index is 0.154. The van der Waals surface area contributed by atoms with Crippen LogP contribution in [0, 0.1) is 0 Å². The highest BCUT2D eigenvalue weighted by atomic mass is 16.6. The molecule has 33 heavy (non-hydrogen) atoms. The SMILES string of the molecule is COc1ccccc1-c1noc2c1CCCc1ccc(N3CC(CNC(C)=O)OC3=O)cc1-2. The molecule has 1 aromatic heterocycles. The molecule has 1 saturated heterocycles. The summed E-state index contributed by atoms with van der Waals surface area (Å²) in [7, 11) is 1.65. The fourth-order valence-electron chi connectivity index (χ4n) is 4.52. The lowest BCUT2D eigenvalue weighted by atomic mass is 9.99. The first-order chi connectivity index (χ1) is 16.0. The molecule has 0 spiro atoms. The Kier molecular flexibility index (Phi) is 5.50. The molecule has 5 rings (SSSR count). The van der Waals surface area contributed by atoms with Crippen molar-refractivity contribution in [3.05, 3.63) is 53.6 Å². The number of hydrogen-bond donors (Lipinski definition) is 1. The van der Waals surface area contributed by atoms with Gasteiger partial charge in [0.25, 0.3) is 0 Å². The lowest BCUT2D eigenvalue weighted by molar-refractivity contribution is -0.119. The second-order valence-electron chi connectivity index (χ2n) is 8.29. The van der Waals surface area contributed by atoms with Crippen molar-refractivity contribution >= 4 is 17.7 Å². The predicted molar refractivity (Wildman–Crippen MR) is 122 cm³/mol. The summed E-state index contributed by atoms with van der Waals surface area (Å²) in [6, 6.07) is 13.7. The summed E-state index contributed by atoms with van der Waals surface area (Å²) in [4.78, 5) is 25.3. The van der Waals surface area contributed by atoms with E-state index in [1.54, 1.807) is 12.0 Å². The van der Waals surface area contributed by atoms with Gasteiger partial charge in [-0.2, -0.15) is 0 Å². The number of carbonyl (C=O) groups is 2. The lowest BCUT2D eigenvalue weighted by Crippen LogP contribution is -2.33. The van der Waals surface area contributed by atoms with Gasteiger partial charge >= 0.3 is 6.09 Å². The third-order valence-electron chi connectivity index (χ3n) is 6.13. The van der Waals surface area contributed by atoms with Crippen LogP contribution in [0.2, 0.25) is 0 Å². The van der Waals surface area contributed by atoms with E-state index in [-0.39, 0.29) is 12.5 Å². The number of para-hydroxylation sites is 1. The number of methoxy groups -OCH3 is 1. The first kappa shape index (κ1) is 21.1. The molecule has 3 aromatic rings. The summed E-state index contributed by atoms with van der Waals surface area (Å²) in [5, 5.41) is 7.11. The first-order valence-corrected chi connectivity index (χ1v) is 11.0. The molecule has 1 N–H and O–H groups in total. The van der Waals surface area contributed by atoms with Crippen LogP contribution in [0.25, 0.3) is 22.6 Å². The second kappa shape index (κ2) is 8.61. The van der Waals surface area contributed by atoms with E-state index < -0.39 is 12.2 Å². The normalized spacial score (nSPS) is 17.1. The fourth-order valence-corrected chi connectivity index (χ4v) is 4.52. The first-order valence-electron chi connectivity index (χ1n) is 11.0. The number of amides is 2. The topological polar surface area (TPSA) is 93.9 Å². The molecule has 170 valence electrons. The maximum Gasteiger partial charge on any atom is 0.414 e. The number of anilines is 1. The fraction of sp³-hybridized carbons (Fsp3) is 0.320. The molecular weight excluding hydrogens is 422 g/mol. The van der Waals surface area contributed by atoms with Crippen LogP contribution in [-0.2, 0) is 22.4 Å². The minimum atomic E-state index is -0.425. The molecule has 1 atom stereocenters. The van der Waals surface area contributed by atoms with Crippen molar-refractivity contribution in [2.24, 2.45) is 0 Å². The average Bonchev–Trinajstić information content (AvgIpc) is 3.36. The maximum atomic E-state index is 12.5. The molecule has 1 unspecified atom stereocenters. The zero-order chi connectivity index (χ0) is 22.9. The van der Waals surface area contributed by atoms with E-state index in [1.807, 2.05) is 42.5 Å². The van der Waals surface area contributed by atoms with E-state index in [4.69, 9.17) is 14.0 Å². The Morgan fingerprint density at radius 3 is 2.88 bits per heavy atom. The van der Waals surface area contributed by atoms with E-state index in [2.05, 4.69) is 10.5 Å². The van der Waals surface area contributed by atoms with E-state index in [0.717, 1.165) is 64.4 Å². The number of cyclic esters (lactones) is 1. The summed E-state index contributed by atoms with van der Waals surface area (Å²) >= 11 is 0. The quantitative estimate of drug-likeness (QED) is 0.636. The smallest absolute Gasteiger partial charge is 0.414 e. The molecule has 8 nitrogen and oxygen atoms in total. The highest BCUT2D eigenvalue weighted by molar-refractivity contribution is 5.91. The van der Waals surface area contributed by atoms with Gasteiger partial charge in [0.1, 0.15) is 17.5 Å². The summed E-state index contributed by atoms with van der Waals surface area (Å²) in [5.41, 5.74) is 5.55. The van der Waals surface area contributed by atoms with Crippen LogP contribution >= 0.6 is 0 Å². The molecule has 2 amide bonds. The molecule has 1 aliphatic heterocycles. The van der Waals surface area contributed by atoms with Crippen LogP contribution in [0.15, 0.2) is 47.0 Å². The van der Waals surface area contributed by atoms with Crippen LogP contribution in [0.4, 0.5) is 10.5 Å². The molecule has 1 fully saturated rings. The number of aryl methyl sites for hydroxylation is 1. The number of fused-ring (bicyclic) bond motifs is 3. The Balaban J connectivity index is 1.50. The van der Waals surface area contributed by atoms with Crippen LogP contribution < -0.4 is 15.0 Å². The molecule has 8 heteroatoms. The van der Waals surface area contributed by atoms with E-state index >= 15 is 0 Å². The summed E-state index contributed by atoms with van der Waals surface area (Å²) in [6.07, 6.45) is 1.89. The molecular formula is C25H25N3O5. The number of benzene rings is 2. The lowest BCUT2D eigenvalue weighted by Gasteiger charge is -2.15. The third-order valence-corrected chi connectivity index (χ3v) is 6.13. The monoisotopic (exact) mass is 447 g/mol. The van der Waals surface area contributed by atoms with E-state index in [1.165, 1.54) is 6.92 Å². The molecule has 2 aliphatic rings. The number of ether oxygens (including phenoxy) is 2.